The molecule has 0 amide bonds. The van der Waals surface area contributed by atoms with Crippen molar-refractivity contribution in [1.29, 1.82) is 0 Å². The van der Waals surface area contributed by atoms with Crippen LogP contribution in [0.15, 0.2) is 67.5 Å². The molecule has 0 saturated heterocycles. The number of likely N-dealkylation sites (N-methyl/N-ethyl adjacent to an activating group) is 1. The molecule has 0 aliphatic carbocycles. The van der Waals surface area contributed by atoms with Crippen molar-refractivity contribution in [2.45, 2.75) is 6.23 Å². The maximum absolute atomic E-state index is 10.1. The van der Waals surface area contributed by atoms with Crippen molar-refractivity contribution in [3.05, 3.63) is 67.5 Å². The molecule has 0 saturated carbocycles. The highest BCUT2D eigenvalue weighted by atomic mass is 16.5. The number of anilines is 3. The monoisotopic (exact) mass is 488 g/mol. The van der Waals surface area contributed by atoms with Gasteiger partial charge in [-0.3, -0.25) is 0 Å². The van der Waals surface area contributed by atoms with Gasteiger partial charge in [-0.2, -0.15) is 0 Å². The van der Waals surface area contributed by atoms with Crippen LogP contribution in [0.4, 0.5) is 17.3 Å². The molecule has 0 bridgehead atoms. The van der Waals surface area contributed by atoms with Gasteiger partial charge in [0, 0.05) is 48.5 Å². The molecule has 2 heterocycles. The van der Waals surface area contributed by atoms with Crippen molar-refractivity contribution in [1.82, 2.24) is 19.4 Å². The van der Waals surface area contributed by atoms with Crippen molar-refractivity contribution in [2.24, 2.45) is 7.05 Å². The Labute approximate surface area is 211 Å². The second-order valence-electron chi connectivity index (χ2n) is 8.59. The number of aryl methyl sites for hydroxylation is 1. The van der Waals surface area contributed by atoms with E-state index >= 15 is 0 Å². The molecule has 9 heteroatoms. The second-order valence-corrected chi connectivity index (χ2v) is 8.59. The normalized spacial score (nSPS) is 11.9. The fourth-order valence-corrected chi connectivity index (χ4v) is 3.85. The number of rotatable bonds is 11. The average molecular weight is 489 g/mol. The standard InChI is InChI=1S/C27H32N6O3/c1-6-26(34)29-22-15-21(24(35-5)16-25(22)36-14-13-32(2)3)31-27-28-12-11-20(30-27)19-17-33(4)23-10-8-7-9-18(19)23/h6-12,15-17,26,29,34H,1,13-14H2,2-5H3,(H,28,30,31). The fourth-order valence-electron chi connectivity index (χ4n) is 3.85. The number of methoxy groups -OCH3 is 1. The van der Waals surface area contributed by atoms with E-state index < -0.39 is 6.23 Å². The van der Waals surface area contributed by atoms with E-state index in [4.69, 9.17) is 14.5 Å². The molecule has 2 aromatic carbocycles. The van der Waals surface area contributed by atoms with Crippen molar-refractivity contribution < 1.29 is 14.6 Å². The van der Waals surface area contributed by atoms with E-state index in [1.54, 1.807) is 25.4 Å². The van der Waals surface area contributed by atoms with Gasteiger partial charge in [0.1, 0.15) is 24.3 Å². The predicted octanol–water partition coefficient (Wildman–Crippen LogP) is 4.24. The molecule has 188 valence electrons. The van der Waals surface area contributed by atoms with Gasteiger partial charge in [0.15, 0.2) is 0 Å². The number of ether oxygens (including phenoxy) is 2. The van der Waals surface area contributed by atoms with Gasteiger partial charge < -0.3 is 34.7 Å². The lowest BCUT2D eigenvalue weighted by Crippen LogP contribution is -2.21. The Morgan fingerprint density at radius 1 is 1.17 bits per heavy atom. The Morgan fingerprint density at radius 3 is 2.72 bits per heavy atom. The number of hydrogen-bond donors (Lipinski definition) is 3. The van der Waals surface area contributed by atoms with Crippen molar-refractivity contribution >= 4 is 28.2 Å². The molecule has 36 heavy (non-hydrogen) atoms. The molecule has 9 nitrogen and oxygen atoms in total. The number of hydrogen-bond acceptors (Lipinski definition) is 8. The summed E-state index contributed by atoms with van der Waals surface area (Å²) in [6, 6.07) is 13.7. The van der Waals surface area contributed by atoms with Crippen LogP contribution in [0, 0.1) is 0 Å². The van der Waals surface area contributed by atoms with Crippen LogP contribution in [0.3, 0.4) is 0 Å². The lowest BCUT2D eigenvalue weighted by Gasteiger charge is -2.20. The first-order valence-corrected chi connectivity index (χ1v) is 11.6. The van der Waals surface area contributed by atoms with Gasteiger partial charge in [0.25, 0.3) is 0 Å². The average Bonchev–Trinajstić information content (AvgIpc) is 3.21. The Bertz CT molecular complexity index is 1350. The van der Waals surface area contributed by atoms with E-state index in [-0.39, 0.29) is 0 Å². The smallest absolute Gasteiger partial charge is 0.227 e. The fraction of sp³-hybridized carbons (Fsp3) is 0.259. The van der Waals surface area contributed by atoms with Crippen LogP contribution in [0.2, 0.25) is 0 Å². The van der Waals surface area contributed by atoms with E-state index in [9.17, 15) is 5.11 Å². The third-order valence-electron chi connectivity index (χ3n) is 5.70. The minimum Gasteiger partial charge on any atom is -0.494 e. The molecule has 0 spiro atoms. The van der Waals surface area contributed by atoms with Gasteiger partial charge >= 0.3 is 0 Å². The van der Waals surface area contributed by atoms with Gasteiger partial charge in [-0.05, 0) is 38.4 Å². The molecular weight excluding hydrogens is 456 g/mol. The van der Waals surface area contributed by atoms with Crippen LogP contribution in [0.1, 0.15) is 0 Å². The number of benzene rings is 2. The summed E-state index contributed by atoms with van der Waals surface area (Å²) >= 11 is 0. The number of para-hydroxylation sites is 1. The summed E-state index contributed by atoms with van der Waals surface area (Å²) in [4.78, 5) is 11.2. The molecule has 0 radical (unpaired) electrons. The topological polar surface area (TPSA) is 96.7 Å². The molecule has 0 aliphatic heterocycles. The summed E-state index contributed by atoms with van der Waals surface area (Å²) in [6.07, 6.45) is 4.24. The zero-order valence-electron chi connectivity index (χ0n) is 21.0. The molecule has 3 N–H and O–H groups in total. The Hall–Kier alpha value is -4.08. The second kappa shape index (κ2) is 11.1. The molecule has 1 atom stereocenters. The Balaban J connectivity index is 1.67. The summed E-state index contributed by atoms with van der Waals surface area (Å²) in [5.41, 5.74) is 4.14. The first-order valence-electron chi connectivity index (χ1n) is 11.6. The number of aromatic nitrogens is 3. The first-order chi connectivity index (χ1) is 17.4. The van der Waals surface area contributed by atoms with Gasteiger partial charge in [0.05, 0.1) is 24.2 Å². The third kappa shape index (κ3) is 5.59. The van der Waals surface area contributed by atoms with Crippen LogP contribution in [-0.4, -0.2) is 65.1 Å². The van der Waals surface area contributed by atoms with Gasteiger partial charge in [-0.15, -0.1) is 0 Å². The summed E-state index contributed by atoms with van der Waals surface area (Å²) in [5, 5.41) is 17.5. The zero-order valence-corrected chi connectivity index (χ0v) is 21.0. The summed E-state index contributed by atoms with van der Waals surface area (Å²) in [5.74, 6) is 1.51. The summed E-state index contributed by atoms with van der Waals surface area (Å²) < 4.78 is 13.7. The van der Waals surface area contributed by atoms with Crippen LogP contribution >= 0.6 is 0 Å². The van der Waals surface area contributed by atoms with Gasteiger partial charge in [0.2, 0.25) is 5.95 Å². The minimum atomic E-state index is -0.951. The molecule has 4 aromatic rings. The first kappa shape index (κ1) is 25.0. The molecular formula is C27H32N6O3. The van der Waals surface area contributed by atoms with E-state index in [1.807, 2.05) is 44.2 Å². The van der Waals surface area contributed by atoms with Gasteiger partial charge in [-0.1, -0.05) is 24.8 Å². The number of aliphatic hydroxyl groups excluding tert-OH is 1. The lowest BCUT2D eigenvalue weighted by atomic mass is 10.1. The highest BCUT2D eigenvalue weighted by molar-refractivity contribution is 5.95. The van der Waals surface area contributed by atoms with E-state index in [0.717, 1.165) is 28.7 Å². The quantitative estimate of drug-likeness (QED) is 0.213. The third-order valence-corrected chi connectivity index (χ3v) is 5.70. The van der Waals surface area contributed by atoms with Crippen LogP contribution < -0.4 is 20.1 Å². The minimum absolute atomic E-state index is 0.412. The molecule has 2 aromatic heterocycles. The summed E-state index contributed by atoms with van der Waals surface area (Å²) in [6.45, 7) is 4.84. The maximum Gasteiger partial charge on any atom is 0.227 e. The van der Waals surface area contributed by atoms with E-state index in [0.29, 0.717) is 35.4 Å². The van der Waals surface area contributed by atoms with Crippen molar-refractivity contribution in [2.75, 3.05) is 45.0 Å². The Kier molecular flexibility index (Phi) is 7.72. The molecule has 0 fully saturated rings. The van der Waals surface area contributed by atoms with Crippen molar-refractivity contribution in [3.8, 4) is 22.8 Å². The highest BCUT2D eigenvalue weighted by Gasteiger charge is 2.16. The van der Waals surface area contributed by atoms with Crippen LogP contribution in [0.5, 0.6) is 11.5 Å². The number of nitrogens with one attached hydrogen (secondary N) is 2. The number of fused-ring (bicyclic) bond motifs is 1. The maximum atomic E-state index is 10.1. The molecule has 1 unspecified atom stereocenters. The van der Waals surface area contributed by atoms with Crippen LogP contribution in [-0.2, 0) is 7.05 Å². The highest BCUT2D eigenvalue weighted by Crippen LogP contribution is 2.38. The SMILES string of the molecule is C=CC(O)Nc1cc(Nc2nccc(-c3cn(C)c4ccccc34)n2)c(OC)cc1OCCN(C)C. The number of nitrogens with zero attached hydrogens (tertiary/aromatic N) is 4. The predicted molar refractivity (Wildman–Crippen MR) is 144 cm³/mol. The van der Waals surface area contributed by atoms with E-state index in [1.165, 1.54) is 6.08 Å². The van der Waals surface area contributed by atoms with Crippen LogP contribution in [0.25, 0.3) is 22.2 Å². The lowest BCUT2D eigenvalue weighted by molar-refractivity contribution is 0.246. The summed E-state index contributed by atoms with van der Waals surface area (Å²) in [7, 11) is 7.56. The Morgan fingerprint density at radius 2 is 1.97 bits per heavy atom. The van der Waals surface area contributed by atoms with Crippen molar-refractivity contribution in [3.63, 3.8) is 0 Å². The number of aliphatic hydroxyl groups is 1. The zero-order chi connectivity index (χ0) is 25.7. The van der Waals surface area contributed by atoms with E-state index in [2.05, 4.69) is 45.1 Å². The largest absolute Gasteiger partial charge is 0.494 e. The molecule has 0 aliphatic rings. The molecule has 4 rings (SSSR count). The van der Waals surface area contributed by atoms with Gasteiger partial charge in [-0.25, -0.2) is 9.97 Å².